The third-order valence-corrected chi connectivity index (χ3v) is 3.80. The van der Waals surface area contributed by atoms with Crippen molar-refractivity contribution in [2.24, 2.45) is 5.73 Å². The van der Waals surface area contributed by atoms with E-state index in [4.69, 9.17) is 10.2 Å². The minimum atomic E-state index is -0.288. The summed E-state index contributed by atoms with van der Waals surface area (Å²) in [5.41, 5.74) is 6.94. The second kappa shape index (κ2) is 7.94. The smallest absolute Gasteiger partial charge is 0.220 e. The Morgan fingerprint density at radius 2 is 2.05 bits per heavy atom. The van der Waals surface area contributed by atoms with Gasteiger partial charge in [-0.15, -0.1) is 0 Å². The second-order valence-corrected chi connectivity index (χ2v) is 5.52. The Bertz CT molecular complexity index is 637. The Hall–Kier alpha value is -1.88. The summed E-state index contributed by atoms with van der Waals surface area (Å²) in [6, 6.07) is 4.44. The third kappa shape index (κ3) is 4.31. The number of hydrogen-bond acceptors (Lipinski definition) is 3. The lowest BCUT2D eigenvalue weighted by Gasteiger charge is -2.04. The van der Waals surface area contributed by atoms with Gasteiger partial charge in [0.05, 0.1) is 6.54 Å². The molecule has 0 spiro atoms. The predicted octanol–water partition coefficient (Wildman–Crippen LogP) is 3.41. The lowest BCUT2D eigenvalue weighted by Crippen LogP contribution is -2.22. The Kier molecular flexibility index (Phi) is 5.95. The highest BCUT2D eigenvalue weighted by molar-refractivity contribution is 5.82. The average molecular weight is 306 g/mol. The summed E-state index contributed by atoms with van der Waals surface area (Å²) < 4.78 is 18.9. The number of carbonyl (C=O) groups is 1. The minimum absolute atomic E-state index is 0.0128. The first-order valence-corrected chi connectivity index (χ1v) is 7.76. The zero-order chi connectivity index (χ0) is 15.9. The number of hydrogen-bond donors (Lipinski definition) is 2. The van der Waals surface area contributed by atoms with Crippen molar-refractivity contribution in [3.05, 3.63) is 35.3 Å². The molecule has 0 saturated carbocycles. The van der Waals surface area contributed by atoms with Crippen LogP contribution in [0.4, 0.5) is 4.39 Å². The largest absolute Gasteiger partial charge is 0.459 e. The number of fused-ring (bicyclic) bond motifs is 1. The van der Waals surface area contributed by atoms with E-state index in [2.05, 4.69) is 5.32 Å². The molecule has 0 aliphatic rings. The molecule has 1 aromatic carbocycles. The maximum Gasteiger partial charge on any atom is 0.220 e. The fraction of sp³-hybridized carbons (Fsp3) is 0.471. The van der Waals surface area contributed by atoms with Gasteiger partial charge in [-0.3, -0.25) is 4.79 Å². The highest BCUT2D eigenvalue weighted by atomic mass is 19.1. The molecule has 1 aromatic heterocycles. The van der Waals surface area contributed by atoms with E-state index in [-0.39, 0.29) is 11.7 Å². The van der Waals surface area contributed by atoms with Crippen LogP contribution in [0.3, 0.4) is 0 Å². The Morgan fingerprint density at radius 1 is 1.27 bits per heavy atom. The number of halogens is 1. The van der Waals surface area contributed by atoms with Crippen molar-refractivity contribution < 1.29 is 13.6 Å². The molecule has 1 amide bonds. The SMILES string of the molecule is Cc1c(CNC(=O)CCCCCCN)oc2ccc(F)cc12. The van der Waals surface area contributed by atoms with Gasteiger partial charge in [-0.1, -0.05) is 12.8 Å². The molecule has 0 atom stereocenters. The molecule has 0 radical (unpaired) electrons. The Labute approximate surface area is 129 Å². The van der Waals surface area contributed by atoms with Crippen LogP contribution in [0.15, 0.2) is 22.6 Å². The van der Waals surface area contributed by atoms with E-state index < -0.39 is 0 Å². The lowest BCUT2D eigenvalue weighted by molar-refractivity contribution is -0.121. The number of nitrogens with one attached hydrogen (secondary N) is 1. The van der Waals surface area contributed by atoms with Crippen LogP contribution in [0.1, 0.15) is 43.4 Å². The number of aryl methyl sites for hydroxylation is 1. The summed E-state index contributed by atoms with van der Waals surface area (Å²) in [6.07, 6.45) is 4.48. The minimum Gasteiger partial charge on any atom is -0.459 e. The first-order valence-electron chi connectivity index (χ1n) is 7.76. The molecule has 120 valence electrons. The van der Waals surface area contributed by atoms with Crippen LogP contribution < -0.4 is 11.1 Å². The van der Waals surface area contributed by atoms with Crippen LogP contribution in [0.25, 0.3) is 11.0 Å². The van der Waals surface area contributed by atoms with Crippen LogP contribution in [0.2, 0.25) is 0 Å². The topological polar surface area (TPSA) is 68.3 Å². The molecular weight excluding hydrogens is 283 g/mol. The third-order valence-electron chi connectivity index (χ3n) is 3.80. The zero-order valence-corrected chi connectivity index (χ0v) is 13.0. The molecule has 0 aliphatic heterocycles. The summed E-state index contributed by atoms with van der Waals surface area (Å²) in [6.45, 7) is 2.92. The van der Waals surface area contributed by atoms with Crippen LogP contribution in [-0.2, 0) is 11.3 Å². The molecule has 0 fully saturated rings. The molecule has 1 heterocycles. The molecule has 0 saturated heterocycles. The molecule has 4 nitrogen and oxygen atoms in total. The quantitative estimate of drug-likeness (QED) is 0.734. The maximum absolute atomic E-state index is 13.2. The van der Waals surface area contributed by atoms with Crippen LogP contribution >= 0.6 is 0 Å². The number of unbranched alkanes of at least 4 members (excludes halogenated alkanes) is 3. The van der Waals surface area contributed by atoms with E-state index >= 15 is 0 Å². The summed E-state index contributed by atoms with van der Waals surface area (Å²) in [5, 5.41) is 3.61. The van der Waals surface area contributed by atoms with Gasteiger partial charge in [-0.2, -0.15) is 0 Å². The molecule has 2 aromatic rings. The monoisotopic (exact) mass is 306 g/mol. The van der Waals surface area contributed by atoms with Crippen molar-refractivity contribution in [3.8, 4) is 0 Å². The Balaban J connectivity index is 1.84. The van der Waals surface area contributed by atoms with Crippen molar-refractivity contribution in [3.63, 3.8) is 0 Å². The van der Waals surface area contributed by atoms with Gasteiger partial charge in [0.25, 0.3) is 0 Å². The number of amides is 1. The summed E-state index contributed by atoms with van der Waals surface area (Å²) in [4.78, 5) is 11.8. The first kappa shape index (κ1) is 16.5. The van der Waals surface area contributed by atoms with Crippen molar-refractivity contribution in [1.82, 2.24) is 5.32 Å². The lowest BCUT2D eigenvalue weighted by atomic mass is 10.1. The van der Waals surface area contributed by atoms with E-state index in [1.54, 1.807) is 6.07 Å². The van der Waals surface area contributed by atoms with E-state index in [9.17, 15) is 9.18 Å². The van der Waals surface area contributed by atoms with Gasteiger partial charge in [0.1, 0.15) is 17.2 Å². The number of nitrogens with two attached hydrogens (primary N) is 1. The van der Waals surface area contributed by atoms with E-state index in [1.165, 1.54) is 12.1 Å². The summed E-state index contributed by atoms with van der Waals surface area (Å²) >= 11 is 0. The highest BCUT2D eigenvalue weighted by Gasteiger charge is 2.12. The number of furan rings is 1. The van der Waals surface area contributed by atoms with Crippen LogP contribution in [0, 0.1) is 12.7 Å². The van der Waals surface area contributed by atoms with Gasteiger partial charge in [0.15, 0.2) is 0 Å². The van der Waals surface area contributed by atoms with Gasteiger partial charge >= 0.3 is 0 Å². The molecule has 0 unspecified atom stereocenters. The number of benzene rings is 1. The van der Waals surface area contributed by atoms with Crippen molar-refractivity contribution in [2.75, 3.05) is 6.54 Å². The van der Waals surface area contributed by atoms with Gasteiger partial charge in [0, 0.05) is 17.4 Å². The molecule has 2 rings (SSSR count). The van der Waals surface area contributed by atoms with E-state index in [1.807, 2.05) is 6.92 Å². The van der Waals surface area contributed by atoms with Crippen molar-refractivity contribution in [1.29, 1.82) is 0 Å². The molecular formula is C17H23FN2O2. The Morgan fingerprint density at radius 3 is 2.82 bits per heavy atom. The molecule has 0 bridgehead atoms. The molecule has 22 heavy (non-hydrogen) atoms. The van der Waals surface area contributed by atoms with Gasteiger partial charge in [-0.05, 0) is 44.5 Å². The van der Waals surface area contributed by atoms with E-state index in [0.29, 0.717) is 30.9 Å². The second-order valence-electron chi connectivity index (χ2n) is 5.52. The maximum atomic E-state index is 13.2. The normalized spacial score (nSPS) is 11.0. The van der Waals surface area contributed by atoms with E-state index in [0.717, 1.165) is 36.6 Å². The van der Waals surface area contributed by atoms with Gasteiger partial charge in [-0.25, -0.2) is 4.39 Å². The summed E-state index contributed by atoms with van der Waals surface area (Å²) in [7, 11) is 0. The zero-order valence-electron chi connectivity index (χ0n) is 13.0. The first-order chi connectivity index (χ1) is 10.6. The van der Waals surface area contributed by atoms with Crippen LogP contribution in [-0.4, -0.2) is 12.5 Å². The number of carbonyl (C=O) groups excluding carboxylic acids is 1. The number of rotatable bonds is 8. The van der Waals surface area contributed by atoms with Crippen LogP contribution in [0.5, 0.6) is 0 Å². The summed E-state index contributed by atoms with van der Waals surface area (Å²) in [5.74, 6) is 0.403. The van der Waals surface area contributed by atoms with Crippen molar-refractivity contribution >= 4 is 16.9 Å². The fourth-order valence-electron chi connectivity index (χ4n) is 2.46. The van der Waals surface area contributed by atoms with Gasteiger partial charge < -0.3 is 15.5 Å². The molecule has 0 aliphatic carbocycles. The van der Waals surface area contributed by atoms with Crippen molar-refractivity contribution in [2.45, 2.75) is 45.6 Å². The average Bonchev–Trinajstić information content (AvgIpc) is 2.81. The standard InChI is InChI=1S/C17H23FN2O2/c1-12-14-10-13(18)7-8-15(14)22-16(12)11-20-17(21)6-4-2-3-5-9-19/h7-8,10H,2-6,9,11,19H2,1H3,(H,20,21). The fourth-order valence-corrected chi connectivity index (χ4v) is 2.46. The molecule has 5 heteroatoms. The van der Waals surface area contributed by atoms with Gasteiger partial charge in [0.2, 0.25) is 5.91 Å². The highest BCUT2D eigenvalue weighted by Crippen LogP contribution is 2.25. The molecule has 3 N–H and O–H groups in total. The predicted molar refractivity (Wildman–Crippen MR) is 84.9 cm³/mol.